The van der Waals surface area contributed by atoms with E-state index < -0.39 is 17.8 Å². The Labute approximate surface area is 191 Å². The summed E-state index contributed by atoms with van der Waals surface area (Å²) < 4.78 is 66.0. The predicted molar refractivity (Wildman–Crippen MR) is 125 cm³/mol. The summed E-state index contributed by atoms with van der Waals surface area (Å²) in [7, 11) is 0. The zero-order valence-electron chi connectivity index (χ0n) is 18.6. The first kappa shape index (κ1) is 24.7. The van der Waals surface area contributed by atoms with E-state index in [9.17, 15) is 22.0 Å². The lowest BCUT2D eigenvalue weighted by atomic mass is 9.97. The SMILES string of the molecule is CCCCCCCc1ccc(-c2ccc(-c3ccc(C=CC(F)(F)F)c(F)c3)c(F)c2)cc1. The van der Waals surface area contributed by atoms with Gasteiger partial charge in [0, 0.05) is 17.2 Å². The topological polar surface area (TPSA) is 0 Å². The Morgan fingerprint density at radius 1 is 0.697 bits per heavy atom. The van der Waals surface area contributed by atoms with Crippen LogP contribution in [-0.2, 0) is 6.42 Å². The molecule has 0 heterocycles. The van der Waals surface area contributed by atoms with Crippen LogP contribution in [0.3, 0.4) is 0 Å². The van der Waals surface area contributed by atoms with Crippen LogP contribution in [0, 0.1) is 11.6 Å². The molecule has 0 spiro atoms. The molecule has 0 nitrogen and oxygen atoms in total. The molecule has 0 aliphatic carbocycles. The number of allylic oxidation sites excluding steroid dienone is 1. The van der Waals surface area contributed by atoms with Crippen molar-refractivity contribution in [3.63, 3.8) is 0 Å². The first-order valence-corrected chi connectivity index (χ1v) is 11.2. The van der Waals surface area contributed by atoms with Crippen molar-refractivity contribution in [2.45, 2.75) is 51.6 Å². The number of aryl methyl sites for hydroxylation is 1. The number of alkyl halides is 3. The van der Waals surface area contributed by atoms with Crippen molar-refractivity contribution >= 4 is 6.08 Å². The highest BCUT2D eigenvalue weighted by Gasteiger charge is 2.22. The first-order valence-electron chi connectivity index (χ1n) is 11.2. The van der Waals surface area contributed by atoms with Gasteiger partial charge < -0.3 is 0 Å². The minimum absolute atomic E-state index is 0.0296. The summed E-state index contributed by atoms with van der Waals surface area (Å²) in [5.41, 5.74) is 3.08. The summed E-state index contributed by atoms with van der Waals surface area (Å²) >= 11 is 0. The number of hydrogen-bond acceptors (Lipinski definition) is 0. The molecule has 3 aromatic carbocycles. The molecule has 0 amide bonds. The van der Waals surface area contributed by atoms with Gasteiger partial charge in [0.25, 0.3) is 0 Å². The number of unbranched alkanes of at least 4 members (excludes halogenated alkanes) is 4. The Balaban J connectivity index is 1.71. The Kier molecular flexibility index (Phi) is 8.43. The van der Waals surface area contributed by atoms with Gasteiger partial charge in [-0.2, -0.15) is 13.2 Å². The quantitative estimate of drug-likeness (QED) is 0.221. The lowest BCUT2D eigenvalue weighted by Crippen LogP contribution is -2.00. The van der Waals surface area contributed by atoms with E-state index in [0.717, 1.165) is 24.5 Å². The van der Waals surface area contributed by atoms with Crippen LogP contribution in [0.25, 0.3) is 28.3 Å². The molecule has 5 heteroatoms. The van der Waals surface area contributed by atoms with Crippen LogP contribution in [0.15, 0.2) is 66.7 Å². The van der Waals surface area contributed by atoms with E-state index in [1.165, 1.54) is 49.4 Å². The minimum atomic E-state index is -4.53. The minimum Gasteiger partial charge on any atom is -0.206 e. The highest BCUT2D eigenvalue weighted by atomic mass is 19.4. The van der Waals surface area contributed by atoms with Gasteiger partial charge >= 0.3 is 6.18 Å². The van der Waals surface area contributed by atoms with Gasteiger partial charge in [0.2, 0.25) is 0 Å². The molecule has 0 saturated carbocycles. The molecule has 3 rings (SSSR count). The second-order valence-electron chi connectivity index (χ2n) is 8.17. The first-order chi connectivity index (χ1) is 15.8. The Morgan fingerprint density at radius 2 is 1.33 bits per heavy atom. The van der Waals surface area contributed by atoms with Gasteiger partial charge in [-0.25, -0.2) is 8.78 Å². The van der Waals surface area contributed by atoms with Crippen molar-refractivity contribution in [3.05, 3.63) is 89.5 Å². The van der Waals surface area contributed by atoms with E-state index in [2.05, 4.69) is 19.1 Å². The average molecular weight is 459 g/mol. The number of halogens is 5. The summed E-state index contributed by atoms with van der Waals surface area (Å²) in [5.74, 6) is -1.37. The van der Waals surface area contributed by atoms with E-state index in [1.54, 1.807) is 12.1 Å². The number of benzene rings is 3. The van der Waals surface area contributed by atoms with Crippen molar-refractivity contribution in [1.82, 2.24) is 0 Å². The fourth-order valence-electron chi connectivity index (χ4n) is 3.74. The highest BCUT2D eigenvalue weighted by Crippen LogP contribution is 2.30. The van der Waals surface area contributed by atoms with Gasteiger partial charge in [0.1, 0.15) is 11.6 Å². The Bertz CT molecular complexity index is 1080. The van der Waals surface area contributed by atoms with Crippen LogP contribution >= 0.6 is 0 Å². The molecule has 0 saturated heterocycles. The maximum Gasteiger partial charge on any atom is 0.409 e. The number of hydrogen-bond donors (Lipinski definition) is 0. The van der Waals surface area contributed by atoms with Crippen LogP contribution in [0.4, 0.5) is 22.0 Å². The third-order valence-corrected chi connectivity index (χ3v) is 5.59. The molecule has 3 aromatic rings. The van der Waals surface area contributed by atoms with Crippen LogP contribution in [0.2, 0.25) is 0 Å². The molecule has 174 valence electrons. The zero-order valence-corrected chi connectivity index (χ0v) is 18.6. The molecule has 0 aromatic heterocycles. The zero-order chi connectivity index (χ0) is 23.8. The summed E-state index contributed by atoms with van der Waals surface area (Å²) in [6, 6.07) is 16.4. The second kappa shape index (κ2) is 11.3. The van der Waals surface area contributed by atoms with Crippen LogP contribution in [-0.4, -0.2) is 6.18 Å². The van der Waals surface area contributed by atoms with Crippen molar-refractivity contribution in [1.29, 1.82) is 0 Å². The Morgan fingerprint density at radius 3 is 1.97 bits per heavy atom. The second-order valence-corrected chi connectivity index (χ2v) is 8.17. The van der Waals surface area contributed by atoms with E-state index in [1.807, 2.05) is 12.1 Å². The molecule has 33 heavy (non-hydrogen) atoms. The van der Waals surface area contributed by atoms with Gasteiger partial charge in [-0.3, -0.25) is 0 Å². The highest BCUT2D eigenvalue weighted by molar-refractivity contribution is 5.72. The van der Waals surface area contributed by atoms with Crippen molar-refractivity contribution in [3.8, 4) is 22.3 Å². The van der Waals surface area contributed by atoms with Gasteiger partial charge in [0.05, 0.1) is 0 Å². The molecule has 0 N–H and O–H groups in total. The fourth-order valence-corrected chi connectivity index (χ4v) is 3.74. The lowest BCUT2D eigenvalue weighted by Gasteiger charge is -2.09. The number of rotatable bonds is 9. The summed E-state index contributed by atoms with van der Waals surface area (Å²) in [6.45, 7) is 2.20. The molecule has 0 fully saturated rings. The van der Waals surface area contributed by atoms with Crippen molar-refractivity contribution in [2.24, 2.45) is 0 Å². The van der Waals surface area contributed by atoms with E-state index in [4.69, 9.17) is 0 Å². The summed E-state index contributed by atoms with van der Waals surface area (Å²) in [5, 5.41) is 0. The maximum absolute atomic E-state index is 14.8. The van der Waals surface area contributed by atoms with Gasteiger partial charge in [-0.05, 0) is 53.3 Å². The monoisotopic (exact) mass is 458 g/mol. The van der Waals surface area contributed by atoms with Gasteiger partial charge in [0.15, 0.2) is 0 Å². The standard InChI is InChI=1S/C28H27F5/c1-2-3-4-5-6-7-20-8-10-21(11-9-20)23-14-15-25(27(30)18-23)24-13-12-22(26(29)19-24)16-17-28(31,32)33/h8-19H,2-7H2,1H3. The van der Waals surface area contributed by atoms with Gasteiger partial charge in [-0.1, -0.05) is 81.1 Å². The Hall–Kier alpha value is -2.95. The fraction of sp³-hybridized carbons (Fsp3) is 0.286. The third kappa shape index (κ3) is 7.28. The molecule has 0 bridgehead atoms. The smallest absolute Gasteiger partial charge is 0.206 e. The predicted octanol–water partition coefficient (Wildman–Crippen LogP) is 9.39. The largest absolute Gasteiger partial charge is 0.409 e. The van der Waals surface area contributed by atoms with Crippen LogP contribution in [0.1, 0.15) is 50.2 Å². The van der Waals surface area contributed by atoms with Crippen LogP contribution < -0.4 is 0 Å². The van der Waals surface area contributed by atoms with Gasteiger partial charge in [-0.15, -0.1) is 0 Å². The molecular weight excluding hydrogens is 431 g/mol. The average Bonchev–Trinajstić information content (AvgIpc) is 2.78. The van der Waals surface area contributed by atoms with E-state index in [-0.39, 0.29) is 22.8 Å². The lowest BCUT2D eigenvalue weighted by molar-refractivity contribution is -0.0790. The van der Waals surface area contributed by atoms with Crippen molar-refractivity contribution < 1.29 is 22.0 Å². The molecule has 0 atom stereocenters. The summed E-state index contributed by atoms with van der Waals surface area (Å²) in [4.78, 5) is 0. The van der Waals surface area contributed by atoms with E-state index in [0.29, 0.717) is 11.6 Å². The normalized spacial score (nSPS) is 11.9. The third-order valence-electron chi connectivity index (χ3n) is 5.59. The van der Waals surface area contributed by atoms with Crippen molar-refractivity contribution in [2.75, 3.05) is 0 Å². The maximum atomic E-state index is 14.8. The molecule has 0 aliphatic heterocycles. The van der Waals surface area contributed by atoms with Crippen LogP contribution in [0.5, 0.6) is 0 Å². The summed E-state index contributed by atoms with van der Waals surface area (Å²) in [6.07, 6.45) is 3.27. The molecule has 0 aliphatic rings. The molecule has 0 unspecified atom stereocenters. The molecule has 0 radical (unpaired) electrons. The molecular formula is C28H27F5. The van der Waals surface area contributed by atoms with E-state index >= 15 is 0 Å².